The summed E-state index contributed by atoms with van der Waals surface area (Å²) in [7, 11) is 0. The lowest BCUT2D eigenvalue weighted by Gasteiger charge is -2.26. The molecule has 0 aliphatic heterocycles. The van der Waals surface area contributed by atoms with Gasteiger partial charge in [0, 0.05) is 11.9 Å². The maximum absolute atomic E-state index is 13.6. The Morgan fingerprint density at radius 2 is 1.90 bits per heavy atom. The van der Waals surface area contributed by atoms with Crippen molar-refractivity contribution in [3.63, 3.8) is 0 Å². The van der Waals surface area contributed by atoms with Gasteiger partial charge in [-0.2, -0.15) is 4.39 Å². The zero-order valence-electron chi connectivity index (χ0n) is 11.2. The van der Waals surface area contributed by atoms with Gasteiger partial charge in [-0.25, -0.2) is 8.78 Å². The van der Waals surface area contributed by atoms with Crippen molar-refractivity contribution in [2.75, 3.05) is 11.9 Å². The molecule has 3 nitrogen and oxygen atoms in total. The number of alkyl halides is 1. The summed E-state index contributed by atoms with van der Waals surface area (Å²) in [6.07, 6.45) is 3.98. The molecule has 1 saturated carbocycles. The molecule has 1 aromatic carbocycles. The highest BCUT2D eigenvalue weighted by Gasteiger charge is 2.33. The lowest BCUT2D eigenvalue weighted by atomic mass is 9.89. The molecule has 1 fully saturated rings. The molecule has 0 saturated heterocycles. The molecule has 2 N–H and O–H groups in total. The predicted molar refractivity (Wildman–Crippen MR) is 75.0 cm³/mol. The number of nitrogens with one attached hydrogen (secondary N) is 1. The summed E-state index contributed by atoms with van der Waals surface area (Å²) >= 11 is 3.41. The summed E-state index contributed by atoms with van der Waals surface area (Å²) in [5, 5.41) is 12.4. The number of hydrogen-bond acceptors (Lipinski definition) is 2. The van der Waals surface area contributed by atoms with Gasteiger partial charge in [-0.3, -0.25) is 4.79 Å². The third-order valence-corrected chi connectivity index (χ3v) is 5.14. The first-order chi connectivity index (χ1) is 9.90. The monoisotopic (exact) mass is 365 g/mol. The van der Waals surface area contributed by atoms with Crippen molar-refractivity contribution in [3.05, 3.63) is 29.1 Å². The summed E-state index contributed by atoms with van der Waals surface area (Å²) in [5.74, 6) is -6.96. The molecule has 0 aromatic heterocycles. The van der Waals surface area contributed by atoms with Crippen LogP contribution in [0.15, 0.2) is 6.07 Å². The molecular formula is C14H15BrF3NO2. The fourth-order valence-corrected chi connectivity index (χ4v) is 3.36. The molecule has 2 rings (SSSR count). The molecule has 1 amide bonds. The van der Waals surface area contributed by atoms with Crippen LogP contribution in [0.25, 0.3) is 0 Å². The van der Waals surface area contributed by atoms with Crippen molar-refractivity contribution in [2.24, 2.45) is 5.41 Å². The molecular weight excluding hydrogens is 351 g/mol. The van der Waals surface area contributed by atoms with E-state index in [2.05, 4.69) is 21.2 Å². The second-order valence-electron chi connectivity index (χ2n) is 5.41. The standard InChI is InChI=1S/C14H15BrF3NO2/c15-6-14(3-1-2-4-14)7-19-13(21)8-5-9(16)11(18)12(20)10(8)17/h5,20H,1-4,6-7H2,(H,19,21). The topological polar surface area (TPSA) is 49.3 Å². The van der Waals surface area contributed by atoms with Gasteiger partial charge >= 0.3 is 0 Å². The quantitative estimate of drug-likeness (QED) is 0.633. The minimum Gasteiger partial charge on any atom is -0.503 e. The molecule has 116 valence electrons. The van der Waals surface area contributed by atoms with Gasteiger partial charge in [-0.15, -0.1) is 0 Å². The van der Waals surface area contributed by atoms with Gasteiger partial charge in [0.05, 0.1) is 5.56 Å². The normalized spacial score (nSPS) is 17.0. The fourth-order valence-electron chi connectivity index (χ4n) is 2.60. The van der Waals surface area contributed by atoms with Crippen LogP contribution in [-0.2, 0) is 0 Å². The minimum atomic E-state index is -1.70. The molecule has 0 heterocycles. The average molecular weight is 366 g/mol. The number of phenolic OH excluding ortho intramolecular Hbond substituents is 1. The highest BCUT2D eigenvalue weighted by Crippen LogP contribution is 2.39. The van der Waals surface area contributed by atoms with Gasteiger partial charge in [-0.05, 0) is 24.3 Å². The Kier molecular flexibility index (Phi) is 4.81. The number of aromatic hydroxyl groups is 1. The van der Waals surface area contributed by atoms with E-state index in [0.717, 1.165) is 25.7 Å². The van der Waals surface area contributed by atoms with Crippen LogP contribution < -0.4 is 5.32 Å². The van der Waals surface area contributed by atoms with Crippen LogP contribution >= 0.6 is 15.9 Å². The molecule has 1 aliphatic carbocycles. The lowest BCUT2D eigenvalue weighted by Crippen LogP contribution is -2.37. The van der Waals surface area contributed by atoms with Crippen molar-refractivity contribution in [1.82, 2.24) is 5.32 Å². The van der Waals surface area contributed by atoms with Crippen molar-refractivity contribution in [3.8, 4) is 5.75 Å². The number of carbonyl (C=O) groups is 1. The van der Waals surface area contributed by atoms with E-state index in [4.69, 9.17) is 5.11 Å². The average Bonchev–Trinajstić information content (AvgIpc) is 2.96. The molecule has 0 radical (unpaired) electrons. The molecule has 1 aromatic rings. The second kappa shape index (κ2) is 6.25. The zero-order valence-corrected chi connectivity index (χ0v) is 12.8. The minimum absolute atomic E-state index is 0.0905. The first-order valence-corrected chi connectivity index (χ1v) is 7.73. The van der Waals surface area contributed by atoms with Crippen LogP contribution in [0, 0.1) is 22.9 Å². The van der Waals surface area contributed by atoms with Crippen molar-refractivity contribution >= 4 is 21.8 Å². The van der Waals surface area contributed by atoms with Crippen LogP contribution in [0.1, 0.15) is 36.0 Å². The van der Waals surface area contributed by atoms with Crippen LogP contribution in [0.4, 0.5) is 13.2 Å². The van der Waals surface area contributed by atoms with Crippen LogP contribution in [0.5, 0.6) is 5.75 Å². The maximum atomic E-state index is 13.6. The van der Waals surface area contributed by atoms with Gasteiger partial charge in [0.2, 0.25) is 5.82 Å². The molecule has 21 heavy (non-hydrogen) atoms. The number of benzene rings is 1. The summed E-state index contributed by atoms with van der Waals surface area (Å²) in [6, 6.07) is 0.454. The van der Waals surface area contributed by atoms with E-state index in [1.54, 1.807) is 0 Å². The van der Waals surface area contributed by atoms with E-state index < -0.39 is 34.7 Å². The largest absolute Gasteiger partial charge is 0.503 e. The molecule has 0 unspecified atom stereocenters. The van der Waals surface area contributed by atoms with Crippen molar-refractivity contribution in [1.29, 1.82) is 0 Å². The first kappa shape index (κ1) is 16.1. The van der Waals surface area contributed by atoms with Gasteiger partial charge in [0.1, 0.15) is 0 Å². The van der Waals surface area contributed by atoms with E-state index in [9.17, 15) is 18.0 Å². The Morgan fingerprint density at radius 3 is 2.48 bits per heavy atom. The van der Waals surface area contributed by atoms with Crippen molar-refractivity contribution < 1.29 is 23.1 Å². The molecule has 7 heteroatoms. The fraction of sp³-hybridized carbons (Fsp3) is 0.500. The third kappa shape index (κ3) is 3.17. The number of halogens is 4. The first-order valence-electron chi connectivity index (χ1n) is 6.61. The summed E-state index contributed by atoms with van der Waals surface area (Å²) < 4.78 is 39.8. The molecule has 0 atom stereocenters. The van der Waals surface area contributed by atoms with E-state index >= 15 is 0 Å². The van der Waals surface area contributed by atoms with Crippen LogP contribution in [-0.4, -0.2) is 22.9 Å². The Hall–Kier alpha value is -1.24. The predicted octanol–water partition coefficient (Wildman–Crippen LogP) is 3.49. The van der Waals surface area contributed by atoms with Crippen LogP contribution in [0.2, 0.25) is 0 Å². The Bertz CT molecular complexity index is 560. The van der Waals surface area contributed by atoms with Gasteiger partial charge < -0.3 is 10.4 Å². The van der Waals surface area contributed by atoms with E-state index in [0.29, 0.717) is 17.9 Å². The van der Waals surface area contributed by atoms with Gasteiger partial charge in [0.15, 0.2) is 17.4 Å². The summed E-state index contributed by atoms with van der Waals surface area (Å²) in [6.45, 7) is 0.316. The van der Waals surface area contributed by atoms with E-state index in [1.807, 2.05) is 0 Å². The van der Waals surface area contributed by atoms with E-state index in [-0.39, 0.29) is 5.41 Å². The number of hydrogen-bond donors (Lipinski definition) is 2. The maximum Gasteiger partial charge on any atom is 0.254 e. The van der Waals surface area contributed by atoms with Gasteiger partial charge in [0.25, 0.3) is 5.91 Å². The molecule has 0 bridgehead atoms. The SMILES string of the molecule is O=C(NCC1(CBr)CCCC1)c1cc(F)c(F)c(O)c1F. The number of carbonyl (C=O) groups excluding carboxylic acids is 1. The highest BCUT2D eigenvalue weighted by atomic mass is 79.9. The van der Waals surface area contributed by atoms with Crippen molar-refractivity contribution in [2.45, 2.75) is 25.7 Å². The summed E-state index contributed by atoms with van der Waals surface area (Å²) in [4.78, 5) is 11.9. The Labute approximate surface area is 128 Å². The van der Waals surface area contributed by atoms with Gasteiger partial charge in [-0.1, -0.05) is 28.8 Å². The molecule has 1 aliphatic rings. The third-order valence-electron chi connectivity index (χ3n) is 3.95. The number of amides is 1. The lowest BCUT2D eigenvalue weighted by molar-refractivity contribution is 0.0929. The smallest absolute Gasteiger partial charge is 0.254 e. The second-order valence-corrected chi connectivity index (χ2v) is 5.97. The number of rotatable bonds is 4. The van der Waals surface area contributed by atoms with Crippen LogP contribution in [0.3, 0.4) is 0 Å². The molecule has 0 spiro atoms. The summed E-state index contributed by atoms with van der Waals surface area (Å²) in [5.41, 5.74) is -0.790. The highest BCUT2D eigenvalue weighted by molar-refractivity contribution is 9.09. The Morgan fingerprint density at radius 1 is 1.29 bits per heavy atom. The zero-order chi connectivity index (χ0) is 15.6. The Balaban J connectivity index is 2.14. The van der Waals surface area contributed by atoms with E-state index in [1.165, 1.54) is 0 Å². The number of phenols is 1.